The van der Waals surface area contributed by atoms with E-state index in [1.165, 1.54) is 4.88 Å². The van der Waals surface area contributed by atoms with Gasteiger partial charge in [0.05, 0.1) is 18.9 Å². The van der Waals surface area contributed by atoms with Crippen LogP contribution in [0.1, 0.15) is 10.6 Å². The van der Waals surface area contributed by atoms with Gasteiger partial charge in [-0.3, -0.25) is 0 Å². The minimum Gasteiger partial charge on any atom is -0.388 e. The zero-order valence-corrected chi connectivity index (χ0v) is 10.0. The fourth-order valence-corrected chi connectivity index (χ4v) is 1.89. The maximum atomic E-state index is 5.43. The lowest BCUT2D eigenvalue weighted by Crippen LogP contribution is -2.12. The Hall–Kier alpha value is -1.53. The normalized spacial score (nSPS) is 10.0. The first-order valence-electron chi connectivity index (χ1n) is 4.64. The van der Waals surface area contributed by atoms with Gasteiger partial charge in [-0.2, -0.15) is 0 Å². The molecule has 3 N–H and O–H groups in total. The van der Waals surface area contributed by atoms with E-state index in [1.54, 1.807) is 23.7 Å². The molecule has 0 saturated heterocycles. The Morgan fingerprint density at radius 2 is 2.31 bits per heavy atom. The summed E-state index contributed by atoms with van der Waals surface area (Å²) < 4.78 is 0. The van der Waals surface area contributed by atoms with E-state index in [9.17, 15) is 0 Å². The van der Waals surface area contributed by atoms with Crippen LogP contribution in [0.25, 0.3) is 0 Å². The number of nitrogens with one attached hydrogen (secondary N) is 1. The summed E-state index contributed by atoms with van der Waals surface area (Å²) in [6.07, 6.45) is 3.20. The highest BCUT2D eigenvalue weighted by atomic mass is 32.1. The Kier molecular flexibility index (Phi) is 3.43. The van der Waals surface area contributed by atoms with E-state index >= 15 is 0 Å². The fourth-order valence-electron chi connectivity index (χ4n) is 1.14. The molecule has 0 amide bonds. The molecule has 0 aliphatic heterocycles. The molecule has 0 aliphatic rings. The average Bonchev–Trinajstić information content (AvgIpc) is 2.80. The predicted molar refractivity (Wildman–Crippen MR) is 69.6 cm³/mol. The van der Waals surface area contributed by atoms with Crippen molar-refractivity contribution in [3.05, 3.63) is 40.5 Å². The van der Waals surface area contributed by atoms with E-state index in [0.717, 1.165) is 6.54 Å². The molecule has 82 valence electrons. The summed E-state index contributed by atoms with van der Waals surface area (Å²) in [5.74, 6) is 0.716. The molecule has 0 spiro atoms. The SMILES string of the molecule is NC(=S)c1cnc(NCc2cccs2)cn1. The van der Waals surface area contributed by atoms with Crippen molar-refractivity contribution >= 4 is 34.4 Å². The number of thiocarbonyl (C=S) groups is 1. The van der Waals surface area contributed by atoms with Crippen molar-refractivity contribution in [1.29, 1.82) is 0 Å². The molecular formula is C10H10N4S2. The Morgan fingerprint density at radius 1 is 1.44 bits per heavy atom. The van der Waals surface area contributed by atoms with Gasteiger partial charge in [0, 0.05) is 4.88 Å². The van der Waals surface area contributed by atoms with Gasteiger partial charge >= 0.3 is 0 Å². The zero-order chi connectivity index (χ0) is 11.4. The van der Waals surface area contributed by atoms with Gasteiger partial charge in [-0.05, 0) is 11.4 Å². The monoisotopic (exact) mass is 250 g/mol. The minimum absolute atomic E-state index is 0.261. The lowest BCUT2D eigenvalue weighted by atomic mass is 10.4. The highest BCUT2D eigenvalue weighted by molar-refractivity contribution is 7.80. The number of thiophene rings is 1. The highest BCUT2D eigenvalue weighted by Crippen LogP contribution is 2.10. The van der Waals surface area contributed by atoms with Crippen LogP contribution in [0.5, 0.6) is 0 Å². The fraction of sp³-hybridized carbons (Fsp3) is 0.100. The lowest BCUT2D eigenvalue weighted by molar-refractivity contribution is 1.10. The van der Waals surface area contributed by atoms with Crippen molar-refractivity contribution < 1.29 is 0 Å². The van der Waals surface area contributed by atoms with Gasteiger partial charge in [0.2, 0.25) is 0 Å². The van der Waals surface area contributed by atoms with Gasteiger partial charge < -0.3 is 11.1 Å². The third-order valence-corrected chi connectivity index (χ3v) is 3.01. The number of hydrogen-bond acceptors (Lipinski definition) is 5. The van der Waals surface area contributed by atoms with Crippen LogP contribution in [0.3, 0.4) is 0 Å². The molecular weight excluding hydrogens is 240 g/mol. The molecule has 2 rings (SSSR count). The second-order valence-corrected chi connectivity index (χ2v) is 4.56. The molecule has 0 atom stereocenters. The second kappa shape index (κ2) is 5.00. The number of nitrogens with two attached hydrogens (primary N) is 1. The molecule has 0 bridgehead atoms. The average molecular weight is 250 g/mol. The third kappa shape index (κ3) is 2.74. The summed E-state index contributed by atoms with van der Waals surface area (Å²) >= 11 is 6.49. The summed E-state index contributed by atoms with van der Waals surface area (Å²) in [6.45, 7) is 0.749. The zero-order valence-electron chi connectivity index (χ0n) is 8.38. The highest BCUT2D eigenvalue weighted by Gasteiger charge is 2.00. The number of hydrogen-bond donors (Lipinski definition) is 2. The van der Waals surface area contributed by atoms with Crippen LogP contribution >= 0.6 is 23.6 Å². The Labute approximate surface area is 103 Å². The third-order valence-electron chi connectivity index (χ3n) is 1.93. The number of aromatic nitrogens is 2. The Morgan fingerprint density at radius 3 is 2.88 bits per heavy atom. The number of nitrogens with zero attached hydrogens (tertiary/aromatic N) is 2. The Balaban J connectivity index is 1.98. The number of anilines is 1. The van der Waals surface area contributed by atoms with Crippen LogP contribution in [0.2, 0.25) is 0 Å². The van der Waals surface area contributed by atoms with E-state index in [2.05, 4.69) is 21.4 Å². The van der Waals surface area contributed by atoms with Crippen molar-refractivity contribution in [2.45, 2.75) is 6.54 Å². The molecule has 2 heterocycles. The molecule has 2 aromatic heterocycles. The molecule has 16 heavy (non-hydrogen) atoms. The molecule has 2 aromatic rings. The van der Waals surface area contributed by atoms with Crippen LogP contribution < -0.4 is 11.1 Å². The number of rotatable bonds is 4. The molecule has 0 aromatic carbocycles. The summed E-state index contributed by atoms with van der Waals surface area (Å²) in [6, 6.07) is 4.08. The molecule has 0 radical (unpaired) electrons. The maximum absolute atomic E-state index is 5.43. The Bertz CT molecular complexity index is 464. The van der Waals surface area contributed by atoms with Crippen LogP contribution in [0.4, 0.5) is 5.82 Å². The summed E-state index contributed by atoms with van der Waals surface area (Å²) in [4.78, 5) is 9.76. The van der Waals surface area contributed by atoms with E-state index in [-0.39, 0.29) is 4.99 Å². The van der Waals surface area contributed by atoms with Gasteiger partial charge in [-0.1, -0.05) is 18.3 Å². The second-order valence-electron chi connectivity index (χ2n) is 3.08. The van der Waals surface area contributed by atoms with Gasteiger partial charge in [0.25, 0.3) is 0 Å². The van der Waals surface area contributed by atoms with Gasteiger partial charge in [-0.15, -0.1) is 11.3 Å². The van der Waals surface area contributed by atoms with Crippen LogP contribution in [-0.2, 0) is 6.54 Å². The molecule has 4 nitrogen and oxygen atoms in total. The molecule has 0 unspecified atom stereocenters. The first-order chi connectivity index (χ1) is 7.75. The molecule has 0 fully saturated rings. The minimum atomic E-state index is 0.261. The van der Waals surface area contributed by atoms with E-state index in [1.807, 2.05) is 11.4 Å². The van der Waals surface area contributed by atoms with Crippen molar-refractivity contribution in [2.24, 2.45) is 5.73 Å². The van der Waals surface area contributed by atoms with E-state index in [4.69, 9.17) is 18.0 Å². The van der Waals surface area contributed by atoms with Crippen LogP contribution in [0, 0.1) is 0 Å². The van der Waals surface area contributed by atoms with Crippen molar-refractivity contribution in [1.82, 2.24) is 9.97 Å². The largest absolute Gasteiger partial charge is 0.388 e. The molecule has 0 aliphatic carbocycles. The van der Waals surface area contributed by atoms with Crippen LogP contribution in [0.15, 0.2) is 29.9 Å². The summed E-state index contributed by atoms with van der Waals surface area (Å²) in [7, 11) is 0. The van der Waals surface area contributed by atoms with Crippen molar-refractivity contribution in [3.8, 4) is 0 Å². The van der Waals surface area contributed by atoms with Crippen LogP contribution in [-0.4, -0.2) is 15.0 Å². The molecule has 0 saturated carbocycles. The topological polar surface area (TPSA) is 63.8 Å². The lowest BCUT2D eigenvalue weighted by Gasteiger charge is -2.03. The predicted octanol–water partition coefficient (Wildman–Crippen LogP) is 1.78. The summed E-state index contributed by atoms with van der Waals surface area (Å²) in [5.41, 5.74) is 5.96. The van der Waals surface area contributed by atoms with Gasteiger partial charge in [-0.25, -0.2) is 9.97 Å². The van der Waals surface area contributed by atoms with Crippen molar-refractivity contribution in [2.75, 3.05) is 5.32 Å². The van der Waals surface area contributed by atoms with Crippen molar-refractivity contribution in [3.63, 3.8) is 0 Å². The van der Waals surface area contributed by atoms with Gasteiger partial charge in [0.15, 0.2) is 0 Å². The van der Waals surface area contributed by atoms with E-state index in [0.29, 0.717) is 11.5 Å². The maximum Gasteiger partial charge on any atom is 0.144 e. The summed E-state index contributed by atoms with van der Waals surface area (Å²) in [5, 5.41) is 5.21. The smallest absolute Gasteiger partial charge is 0.144 e. The van der Waals surface area contributed by atoms with Gasteiger partial charge in [0.1, 0.15) is 16.5 Å². The molecule has 6 heteroatoms. The first kappa shape index (κ1) is 11.0. The standard InChI is InChI=1S/C10H10N4S2/c11-10(15)8-5-14-9(6-12-8)13-4-7-2-1-3-16-7/h1-3,5-6H,4H2,(H2,11,15)(H,13,14). The first-order valence-corrected chi connectivity index (χ1v) is 5.92. The van der Waals surface area contributed by atoms with E-state index < -0.39 is 0 Å². The quantitative estimate of drug-likeness (QED) is 0.810.